The SMILES string of the molecule is C/C(=N\NC(=O)[C@H](C)Nc1nc2ccccc2s1)c1nc2ccccc2[nH]1. The highest BCUT2D eigenvalue weighted by molar-refractivity contribution is 7.22. The second-order valence-electron chi connectivity index (χ2n) is 6.13. The number of fused-ring (bicyclic) bond motifs is 2. The molecule has 0 saturated carbocycles. The number of nitrogens with zero attached hydrogens (tertiary/aromatic N) is 3. The highest BCUT2D eigenvalue weighted by atomic mass is 32.1. The summed E-state index contributed by atoms with van der Waals surface area (Å²) in [6, 6.07) is 15.1. The van der Waals surface area contributed by atoms with E-state index in [0.717, 1.165) is 21.3 Å². The van der Waals surface area contributed by atoms with Crippen molar-refractivity contribution in [2.24, 2.45) is 5.10 Å². The van der Waals surface area contributed by atoms with Crippen LogP contribution in [0, 0.1) is 0 Å². The Balaban J connectivity index is 1.42. The Labute approximate surface area is 159 Å². The van der Waals surface area contributed by atoms with Crippen LogP contribution >= 0.6 is 11.3 Å². The quantitative estimate of drug-likeness (QED) is 0.366. The summed E-state index contributed by atoms with van der Waals surface area (Å²) in [7, 11) is 0. The molecule has 1 amide bonds. The zero-order chi connectivity index (χ0) is 18.8. The third kappa shape index (κ3) is 3.65. The van der Waals surface area contributed by atoms with Crippen LogP contribution in [0.25, 0.3) is 21.3 Å². The number of aromatic amines is 1. The smallest absolute Gasteiger partial charge is 0.262 e. The van der Waals surface area contributed by atoms with E-state index in [1.54, 1.807) is 13.8 Å². The number of benzene rings is 2. The van der Waals surface area contributed by atoms with E-state index in [0.29, 0.717) is 16.7 Å². The van der Waals surface area contributed by atoms with Crippen molar-refractivity contribution in [3.05, 3.63) is 54.4 Å². The number of hydrazone groups is 1. The van der Waals surface area contributed by atoms with Gasteiger partial charge in [0.1, 0.15) is 11.8 Å². The zero-order valence-electron chi connectivity index (χ0n) is 14.9. The van der Waals surface area contributed by atoms with Gasteiger partial charge in [-0.2, -0.15) is 5.10 Å². The summed E-state index contributed by atoms with van der Waals surface area (Å²) in [6.45, 7) is 3.57. The number of hydrogen-bond donors (Lipinski definition) is 3. The molecular formula is C19H18N6OS. The Bertz CT molecular complexity index is 1080. The number of para-hydroxylation sites is 3. The Morgan fingerprint density at radius 3 is 2.63 bits per heavy atom. The monoisotopic (exact) mass is 378 g/mol. The van der Waals surface area contributed by atoms with Crippen molar-refractivity contribution in [1.82, 2.24) is 20.4 Å². The normalized spacial score (nSPS) is 13.0. The fourth-order valence-electron chi connectivity index (χ4n) is 2.60. The number of thiazole rings is 1. The summed E-state index contributed by atoms with van der Waals surface area (Å²) in [5, 5.41) is 7.99. The average molecular weight is 378 g/mol. The first kappa shape index (κ1) is 17.2. The van der Waals surface area contributed by atoms with E-state index >= 15 is 0 Å². The Hall–Kier alpha value is -3.26. The highest BCUT2D eigenvalue weighted by Crippen LogP contribution is 2.25. The van der Waals surface area contributed by atoms with E-state index in [1.807, 2.05) is 48.5 Å². The number of carbonyl (C=O) groups excluding carboxylic acids is 1. The van der Waals surface area contributed by atoms with Crippen LogP contribution in [0.5, 0.6) is 0 Å². The van der Waals surface area contributed by atoms with Crippen molar-refractivity contribution >= 4 is 49.3 Å². The van der Waals surface area contributed by atoms with Crippen LogP contribution in [-0.2, 0) is 4.79 Å². The molecule has 27 heavy (non-hydrogen) atoms. The van der Waals surface area contributed by atoms with Crippen molar-refractivity contribution in [1.29, 1.82) is 0 Å². The maximum atomic E-state index is 12.3. The van der Waals surface area contributed by atoms with Crippen LogP contribution in [0.4, 0.5) is 5.13 Å². The van der Waals surface area contributed by atoms with E-state index in [2.05, 4.69) is 30.8 Å². The molecule has 7 nitrogen and oxygen atoms in total. The second kappa shape index (κ2) is 7.16. The molecule has 2 aromatic carbocycles. The Kier molecular flexibility index (Phi) is 4.55. The molecule has 0 radical (unpaired) electrons. The number of nitrogens with one attached hydrogen (secondary N) is 3. The van der Waals surface area contributed by atoms with Crippen LogP contribution in [0.2, 0.25) is 0 Å². The maximum absolute atomic E-state index is 12.3. The number of imidazole rings is 1. The van der Waals surface area contributed by atoms with Gasteiger partial charge in [0.2, 0.25) is 0 Å². The Morgan fingerprint density at radius 2 is 1.85 bits per heavy atom. The van der Waals surface area contributed by atoms with E-state index in [9.17, 15) is 4.79 Å². The molecule has 0 spiro atoms. The summed E-state index contributed by atoms with van der Waals surface area (Å²) in [4.78, 5) is 24.5. The van der Waals surface area contributed by atoms with Gasteiger partial charge in [0.25, 0.3) is 5.91 Å². The lowest BCUT2D eigenvalue weighted by atomic mass is 10.3. The Morgan fingerprint density at radius 1 is 1.11 bits per heavy atom. The van der Waals surface area contributed by atoms with E-state index in [-0.39, 0.29) is 5.91 Å². The molecule has 0 aliphatic rings. The topological polar surface area (TPSA) is 95.1 Å². The number of anilines is 1. The van der Waals surface area contributed by atoms with Crippen molar-refractivity contribution in [2.45, 2.75) is 19.9 Å². The van der Waals surface area contributed by atoms with E-state index < -0.39 is 6.04 Å². The standard InChI is InChI=1S/C19H18N6OS/c1-11(17-21-13-7-3-4-8-14(13)22-17)24-25-18(26)12(2)20-19-23-15-9-5-6-10-16(15)27-19/h3-10,12H,1-2H3,(H,20,23)(H,21,22)(H,25,26)/b24-11+/t12-/m0/s1. The lowest BCUT2D eigenvalue weighted by Gasteiger charge is -2.10. The number of carbonyl (C=O) groups is 1. The van der Waals surface area contributed by atoms with Crippen LogP contribution in [0.1, 0.15) is 19.7 Å². The summed E-state index contributed by atoms with van der Waals surface area (Å²) < 4.78 is 1.08. The molecule has 0 aliphatic heterocycles. The third-order valence-corrected chi connectivity index (χ3v) is 5.06. The fraction of sp³-hybridized carbons (Fsp3) is 0.158. The summed E-state index contributed by atoms with van der Waals surface area (Å²) >= 11 is 1.51. The molecule has 4 rings (SSSR count). The molecule has 2 aromatic heterocycles. The van der Waals surface area contributed by atoms with Crippen molar-refractivity contribution in [2.75, 3.05) is 5.32 Å². The molecule has 0 aliphatic carbocycles. The summed E-state index contributed by atoms with van der Waals surface area (Å²) in [6.07, 6.45) is 0. The number of rotatable bonds is 5. The van der Waals surface area contributed by atoms with E-state index in [4.69, 9.17) is 0 Å². The van der Waals surface area contributed by atoms with Crippen LogP contribution in [-0.4, -0.2) is 32.6 Å². The van der Waals surface area contributed by atoms with Crippen molar-refractivity contribution in [3.63, 3.8) is 0 Å². The number of hydrogen-bond acceptors (Lipinski definition) is 6. The van der Waals surface area contributed by atoms with Gasteiger partial charge in [0, 0.05) is 0 Å². The molecule has 8 heteroatoms. The molecule has 0 saturated heterocycles. The minimum atomic E-state index is -0.474. The van der Waals surface area contributed by atoms with Gasteiger partial charge in [0.05, 0.1) is 21.3 Å². The minimum Gasteiger partial charge on any atom is -0.350 e. The lowest BCUT2D eigenvalue weighted by molar-refractivity contribution is -0.121. The van der Waals surface area contributed by atoms with Gasteiger partial charge in [-0.25, -0.2) is 15.4 Å². The van der Waals surface area contributed by atoms with Gasteiger partial charge < -0.3 is 10.3 Å². The average Bonchev–Trinajstić information content (AvgIpc) is 3.28. The summed E-state index contributed by atoms with van der Waals surface area (Å²) in [5.41, 5.74) is 5.89. The van der Waals surface area contributed by atoms with Gasteiger partial charge in [-0.3, -0.25) is 4.79 Å². The molecule has 136 valence electrons. The molecule has 2 heterocycles. The number of amides is 1. The van der Waals surface area contributed by atoms with Crippen molar-refractivity contribution in [3.8, 4) is 0 Å². The molecule has 0 fully saturated rings. The van der Waals surface area contributed by atoms with E-state index in [1.165, 1.54) is 11.3 Å². The first-order chi connectivity index (χ1) is 13.1. The van der Waals surface area contributed by atoms with Gasteiger partial charge in [0.15, 0.2) is 11.0 Å². The van der Waals surface area contributed by atoms with Crippen LogP contribution < -0.4 is 10.7 Å². The first-order valence-electron chi connectivity index (χ1n) is 8.51. The number of H-pyrrole nitrogens is 1. The van der Waals surface area contributed by atoms with Crippen molar-refractivity contribution < 1.29 is 4.79 Å². The van der Waals surface area contributed by atoms with Gasteiger partial charge >= 0.3 is 0 Å². The second-order valence-corrected chi connectivity index (χ2v) is 7.16. The first-order valence-corrected chi connectivity index (χ1v) is 9.33. The summed E-state index contributed by atoms with van der Waals surface area (Å²) in [5.74, 6) is 0.382. The van der Waals surface area contributed by atoms with Gasteiger partial charge in [-0.05, 0) is 38.1 Å². The maximum Gasteiger partial charge on any atom is 0.262 e. The molecule has 4 aromatic rings. The third-order valence-electron chi connectivity index (χ3n) is 4.09. The molecule has 3 N–H and O–H groups in total. The zero-order valence-corrected chi connectivity index (χ0v) is 15.7. The predicted octanol–water partition coefficient (Wildman–Crippen LogP) is 3.51. The molecule has 1 atom stereocenters. The van der Waals surface area contributed by atoms with Crippen LogP contribution in [0.15, 0.2) is 53.6 Å². The molecular weight excluding hydrogens is 360 g/mol. The van der Waals surface area contributed by atoms with Gasteiger partial charge in [-0.15, -0.1) is 0 Å². The molecule has 0 unspecified atom stereocenters. The number of aromatic nitrogens is 3. The highest BCUT2D eigenvalue weighted by Gasteiger charge is 2.15. The van der Waals surface area contributed by atoms with Crippen LogP contribution in [0.3, 0.4) is 0 Å². The largest absolute Gasteiger partial charge is 0.350 e. The predicted molar refractivity (Wildman–Crippen MR) is 109 cm³/mol. The minimum absolute atomic E-state index is 0.246. The fourth-order valence-corrected chi connectivity index (χ4v) is 3.55. The van der Waals surface area contributed by atoms with Gasteiger partial charge in [-0.1, -0.05) is 35.6 Å². The lowest BCUT2D eigenvalue weighted by Crippen LogP contribution is -2.35. The molecule has 0 bridgehead atoms.